The Hall–Kier alpha value is -4.47. The summed E-state index contributed by atoms with van der Waals surface area (Å²) in [6, 6.07) is 21.9. The molecule has 3 amide bonds. The summed E-state index contributed by atoms with van der Waals surface area (Å²) < 4.78 is 6.64. The van der Waals surface area contributed by atoms with E-state index in [0.29, 0.717) is 42.3 Å². The highest BCUT2D eigenvalue weighted by atomic mass is 16.5. The van der Waals surface area contributed by atoms with Gasteiger partial charge in [0.2, 0.25) is 0 Å². The number of ether oxygens (including phenoxy) is 1. The van der Waals surface area contributed by atoms with Crippen molar-refractivity contribution in [2.75, 3.05) is 37.4 Å². The lowest BCUT2D eigenvalue weighted by molar-refractivity contribution is 0.0343. The standard InChI is InChI=1S/C33H37N5O4/c1-22-18-38(23(2)21-39)32(40)27-11-7-13-29(31(27)42-30(22)20-37(3)19-24-14-16-34-17-15-24)36-33(41)35-28-12-6-9-25-8-4-5-10-26(25)28/h4-17,22-23,30,39H,18-21H2,1-3H3,(H2,35,36,41)/t22-,23-,30-/m1/s1. The van der Waals surface area contributed by atoms with Gasteiger partial charge >= 0.3 is 6.03 Å². The lowest BCUT2D eigenvalue weighted by Crippen LogP contribution is -2.49. The SMILES string of the molecule is C[C@@H]1CN([C@H](C)CO)C(=O)c2cccc(NC(=O)Nc3cccc4ccccc34)c2O[C@@H]1CN(C)Cc1ccncc1. The number of benzene rings is 3. The molecule has 218 valence electrons. The molecule has 3 atom stereocenters. The molecule has 4 aromatic rings. The Morgan fingerprint density at radius 1 is 1.05 bits per heavy atom. The highest BCUT2D eigenvalue weighted by molar-refractivity contribution is 6.08. The molecule has 42 heavy (non-hydrogen) atoms. The van der Waals surface area contributed by atoms with E-state index < -0.39 is 6.03 Å². The number of rotatable bonds is 8. The quantitative estimate of drug-likeness (QED) is 0.269. The van der Waals surface area contributed by atoms with Gasteiger partial charge in [0.25, 0.3) is 5.91 Å². The predicted octanol–water partition coefficient (Wildman–Crippen LogP) is 5.23. The number of aromatic nitrogens is 1. The van der Waals surface area contributed by atoms with Crippen molar-refractivity contribution in [3.05, 3.63) is 96.3 Å². The molecule has 1 aliphatic heterocycles. The molecule has 0 fully saturated rings. The lowest BCUT2D eigenvalue weighted by atomic mass is 9.99. The summed E-state index contributed by atoms with van der Waals surface area (Å²) in [5.74, 6) is 0.00762. The zero-order chi connectivity index (χ0) is 29.6. The minimum Gasteiger partial charge on any atom is -0.486 e. The third-order valence-corrected chi connectivity index (χ3v) is 7.67. The molecule has 0 radical (unpaired) electrons. The van der Waals surface area contributed by atoms with Crippen LogP contribution in [0.25, 0.3) is 10.8 Å². The summed E-state index contributed by atoms with van der Waals surface area (Å²) in [6.45, 7) is 5.42. The van der Waals surface area contributed by atoms with Gasteiger partial charge in [-0.25, -0.2) is 4.79 Å². The largest absolute Gasteiger partial charge is 0.486 e. The number of pyridine rings is 1. The molecular formula is C33H37N5O4. The minimum absolute atomic E-state index is 0.0615. The van der Waals surface area contributed by atoms with Crippen LogP contribution < -0.4 is 15.4 Å². The van der Waals surface area contributed by atoms with E-state index in [0.717, 1.165) is 16.3 Å². The highest BCUT2D eigenvalue weighted by Gasteiger charge is 2.34. The molecule has 9 heteroatoms. The van der Waals surface area contributed by atoms with Gasteiger partial charge < -0.3 is 25.4 Å². The molecule has 1 aromatic heterocycles. The minimum atomic E-state index is -0.446. The van der Waals surface area contributed by atoms with Crippen molar-refractivity contribution < 1.29 is 19.4 Å². The van der Waals surface area contributed by atoms with Gasteiger partial charge in [0, 0.05) is 43.3 Å². The van der Waals surface area contributed by atoms with Crippen molar-refractivity contribution in [1.82, 2.24) is 14.8 Å². The van der Waals surface area contributed by atoms with Crippen molar-refractivity contribution in [2.24, 2.45) is 5.92 Å². The van der Waals surface area contributed by atoms with Crippen LogP contribution in [0.5, 0.6) is 5.75 Å². The molecule has 2 heterocycles. The number of amides is 3. The molecule has 9 nitrogen and oxygen atoms in total. The van der Waals surface area contributed by atoms with Gasteiger partial charge in [-0.1, -0.05) is 49.4 Å². The molecular weight excluding hydrogens is 530 g/mol. The van der Waals surface area contributed by atoms with Crippen molar-refractivity contribution in [3.63, 3.8) is 0 Å². The predicted molar refractivity (Wildman–Crippen MR) is 165 cm³/mol. The van der Waals surface area contributed by atoms with Crippen LogP contribution in [0.3, 0.4) is 0 Å². The van der Waals surface area contributed by atoms with Crippen LogP contribution in [0.1, 0.15) is 29.8 Å². The van der Waals surface area contributed by atoms with Crippen LogP contribution in [-0.2, 0) is 6.54 Å². The summed E-state index contributed by atoms with van der Waals surface area (Å²) in [7, 11) is 2.03. The van der Waals surface area contributed by atoms with Crippen LogP contribution in [0.4, 0.5) is 16.2 Å². The topological polar surface area (TPSA) is 107 Å². The fourth-order valence-electron chi connectivity index (χ4n) is 5.34. The number of anilines is 2. The van der Waals surface area contributed by atoms with E-state index in [2.05, 4.69) is 20.5 Å². The van der Waals surface area contributed by atoms with Gasteiger partial charge in [-0.05, 0) is 55.3 Å². The first-order valence-corrected chi connectivity index (χ1v) is 14.2. The van der Waals surface area contributed by atoms with Crippen molar-refractivity contribution in [2.45, 2.75) is 32.5 Å². The van der Waals surface area contributed by atoms with E-state index in [1.54, 1.807) is 35.5 Å². The van der Waals surface area contributed by atoms with Crippen LogP contribution >= 0.6 is 0 Å². The van der Waals surface area contributed by atoms with Crippen LogP contribution in [0, 0.1) is 5.92 Å². The van der Waals surface area contributed by atoms with Crippen molar-refractivity contribution >= 4 is 34.1 Å². The summed E-state index contributed by atoms with van der Waals surface area (Å²) in [4.78, 5) is 35.0. The Labute approximate surface area is 246 Å². The number of para-hydroxylation sites is 1. The first-order chi connectivity index (χ1) is 20.3. The maximum Gasteiger partial charge on any atom is 0.323 e. The molecule has 1 aliphatic rings. The van der Waals surface area contributed by atoms with E-state index in [1.165, 1.54) is 0 Å². The highest BCUT2D eigenvalue weighted by Crippen LogP contribution is 2.35. The van der Waals surface area contributed by atoms with Crippen LogP contribution in [-0.4, -0.2) is 70.7 Å². The number of likely N-dealkylation sites (N-methyl/N-ethyl adjacent to an activating group) is 1. The van der Waals surface area contributed by atoms with E-state index in [9.17, 15) is 14.7 Å². The molecule has 0 saturated heterocycles. The Kier molecular flexibility index (Phi) is 9.00. The number of carbonyl (C=O) groups is 2. The van der Waals surface area contributed by atoms with Gasteiger partial charge in [0.1, 0.15) is 6.10 Å². The molecule has 0 unspecified atom stereocenters. The summed E-state index contributed by atoms with van der Waals surface area (Å²) >= 11 is 0. The Balaban J connectivity index is 1.44. The fraction of sp³-hybridized carbons (Fsp3) is 0.303. The second-order valence-corrected chi connectivity index (χ2v) is 11.0. The number of nitrogens with one attached hydrogen (secondary N) is 2. The van der Waals surface area contributed by atoms with E-state index >= 15 is 0 Å². The van der Waals surface area contributed by atoms with Gasteiger partial charge in [-0.3, -0.25) is 14.7 Å². The molecule has 3 aromatic carbocycles. The zero-order valence-electron chi connectivity index (χ0n) is 24.2. The van der Waals surface area contributed by atoms with Gasteiger partial charge in [0.05, 0.1) is 29.6 Å². The molecule has 3 N–H and O–H groups in total. The number of fused-ring (bicyclic) bond motifs is 2. The van der Waals surface area contributed by atoms with E-state index in [-0.39, 0.29) is 30.6 Å². The summed E-state index contributed by atoms with van der Waals surface area (Å²) in [6.07, 6.45) is 3.24. The van der Waals surface area contributed by atoms with Crippen LogP contribution in [0.15, 0.2) is 85.2 Å². The fourth-order valence-corrected chi connectivity index (χ4v) is 5.34. The molecule has 0 aliphatic carbocycles. The molecule has 0 saturated carbocycles. The average molecular weight is 568 g/mol. The second-order valence-electron chi connectivity index (χ2n) is 11.0. The molecule has 5 rings (SSSR count). The third-order valence-electron chi connectivity index (χ3n) is 7.67. The Bertz CT molecular complexity index is 1540. The van der Waals surface area contributed by atoms with Gasteiger partial charge in [-0.2, -0.15) is 0 Å². The van der Waals surface area contributed by atoms with Crippen LogP contribution in [0.2, 0.25) is 0 Å². The van der Waals surface area contributed by atoms with Crippen molar-refractivity contribution in [3.8, 4) is 5.75 Å². The van der Waals surface area contributed by atoms with Gasteiger partial charge in [-0.15, -0.1) is 0 Å². The number of aliphatic hydroxyl groups is 1. The summed E-state index contributed by atoms with van der Waals surface area (Å²) in [5, 5.41) is 17.8. The normalized spacial score (nSPS) is 17.6. The number of hydrogen-bond acceptors (Lipinski definition) is 6. The van der Waals surface area contributed by atoms with E-state index in [1.807, 2.05) is 75.5 Å². The number of aliphatic hydroxyl groups excluding tert-OH is 1. The van der Waals surface area contributed by atoms with Crippen molar-refractivity contribution in [1.29, 1.82) is 0 Å². The smallest absolute Gasteiger partial charge is 0.323 e. The number of hydrogen-bond donors (Lipinski definition) is 3. The lowest BCUT2D eigenvalue weighted by Gasteiger charge is -2.38. The summed E-state index contributed by atoms with van der Waals surface area (Å²) in [5.41, 5.74) is 2.54. The molecule has 0 bridgehead atoms. The maximum atomic E-state index is 13.8. The monoisotopic (exact) mass is 567 g/mol. The number of carbonyl (C=O) groups excluding carboxylic acids is 2. The number of nitrogens with zero attached hydrogens (tertiary/aromatic N) is 3. The first-order valence-electron chi connectivity index (χ1n) is 14.2. The third kappa shape index (κ3) is 6.53. The Morgan fingerprint density at radius 3 is 2.52 bits per heavy atom. The number of urea groups is 1. The molecule has 0 spiro atoms. The maximum absolute atomic E-state index is 13.8. The van der Waals surface area contributed by atoms with E-state index in [4.69, 9.17) is 4.74 Å². The average Bonchev–Trinajstić information content (AvgIpc) is 2.99. The second kappa shape index (κ2) is 13.0. The Morgan fingerprint density at radius 2 is 1.74 bits per heavy atom. The first kappa shape index (κ1) is 29.0. The zero-order valence-corrected chi connectivity index (χ0v) is 24.2. The van der Waals surface area contributed by atoms with Gasteiger partial charge in [0.15, 0.2) is 5.75 Å².